The van der Waals surface area contributed by atoms with Crippen molar-refractivity contribution in [3.63, 3.8) is 0 Å². The van der Waals surface area contributed by atoms with Crippen LogP contribution in [-0.2, 0) is 6.42 Å². The monoisotopic (exact) mass is 268 g/mol. The van der Waals surface area contributed by atoms with E-state index in [4.69, 9.17) is 5.26 Å². The summed E-state index contributed by atoms with van der Waals surface area (Å²) in [6, 6.07) is 14.5. The minimum absolute atomic E-state index is 0.0829. The molecule has 2 nitrogen and oxygen atoms in total. The first-order valence-electron chi connectivity index (χ1n) is 6.61. The summed E-state index contributed by atoms with van der Waals surface area (Å²) >= 11 is 0. The van der Waals surface area contributed by atoms with Crippen molar-refractivity contribution in [3.05, 3.63) is 65.0 Å². The Morgan fingerprint density at radius 3 is 2.70 bits per heavy atom. The Bertz CT molecular complexity index is 644. The molecule has 0 aliphatic carbocycles. The van der Waals surface area contributed by atoms with Gasteiger partial charge in [-0.05, 0) is 49.6 Å². The number of rotatable bonds is 4. The number of nitrogens with one attached hydrogen (secondary N) is 1. The van der Waals surface area contributed by atoms with Crippen molar-refractivity contribution in [2.75, 3.05) is 5.32 Å². The number of anilines is 1. The first-order chi connectivity index (χ1) is 9.60. The lowest BCUT2D eigenvalue weighted by Gasteiger charge is -2.17. The van der Waals surface area contributed by atoms with Gasteiger partial charge in [-0.25, -0.2) is 4.39 Å². The van der Waals surface area contributed by atoms with Crippen LogP contribution in [-0.4, -0.2) is 6.04 Å². The first-order valence-corrected chi connectivity index (χ1v) is 6.61. The van der Waals surface area contributed by atoms with Gasteiger partial charge in [0.2, 0.25) is 0 Å². The van der Waals surface area contributed by atoms with Gasteiger partial charge in [-0.3, -0.25) is 0 Å². The second kappa shape index (κ2) is 6.21. The Hall–Kier alpha value is -2.34. The van der Waals surface area contributed by atoms with Crippen LogP contribution in [0.5, 0.6) is 0 Å². The molecule has 0 spiro atoms. The molecule has 0 aromatic heterocycles. The Morgan fingerprint density at radius 1 is 1.25 bits per heavy atom. The summed E-state index contributed by atoms with van der Waals surface area (Å²) in [6.07, 6.45) is 0.600. The van der Waals surface area contributed by atoms with Gasteiger partial charge in [0.05, 0.1) is 11.6 Å². The maximum atomic E-state index is 13.6. The zero-order valence-electron chi connectivity index (χ0n) is 11.7. The van der Waals surface area contributed by atoms with Crippen LogP contribution >= 0.6 is 0 Å². The van der Waals surface area contributed by atoms with E-state index in [1.165, 1.54) is 6.07 Å². The summed E-state index contributed by atoms with van der Waals surface area (Å²) in [5, 5.41) is 12.3. The summed E-state index contributed by atoms with van der Waals surface area (Å²) in [6.45, 7) is 3.99. The van der Waals surface area contributed by atoms with Gasteiger partial charge >= 0.3 is 0 Å². The molecule has 1 unspecified atom stereocenters. The molecule has 3 heteroatoms. The molecule has 0 aliphatic heterocycles. The minimum atomic E-state index is -0.177. The summed E-state index contributed by atoms with van der Waals surface area (Å²) in [5.41, 5.74) is 3.31. The molecule has 2 aromatic carbocycles. The molecular formula is C17H17FN2. The second-order valence-electron chi connectivity index (χ2n) is 4.98. The quantitative estimate of drug-likeness (QED) is 0.908. The molecule has 0 bridgehead atoms. The molecule has 0 aliphatic rings. The summed E-state index contributed by atoms with van der Waals surface area (Å²) < 4.78 is 13.6. The highest BCUT2D eigenvalue weighted by molar-refractivity contribution is 5.55. The predicted molar refractivity (Wildman–Crippen MR) is 79.1 cm³/mol. The van der Waals surface area contributed by atoms with Gasteiger partial charge in [0.25, 0.3) is 0 Å². The number of nitriles is 1. The zero-order chi connectivity index (χ0) is 14.5. The van der Waals surface area contributed by atoms with Crippen LogP contribution in [0.25, 0.3) is 0 Å². The Labute approximate surface area is 118 Å². The Morgan fingerprint density at radius 2 is 2.00 bits per heavy atom. The maximum Gasteiger partial charge on any atom is 0.126 e. The molecule has 0 saturated carbocycles. The fraction of sp³-hybridized carbons (Fsp3) is 0.235. The van der Waals surface area contributed by atoms with Crippen LogP contribution in [0.4, 0.5) is 10.1 Å². The zero-order valence-corrected chi connectivity index (χ0v) is 11.7. The van der Waals surface area contributed by atoms with Gasteiger partial charge in [-0.1, -0.05) is 24.3 Å². The largest absolute Gasteiger partial charge is 0.382 e. The van der Waals surface area contributed by atoms with Crippen molar-refractivity contribution in [3.8, 4) is 6.07 Å². The average molecular weight is 268 g/mol. The van der Waals surface area contributed by atoms with Gasteiger partial charge in [0.15, 0.2) is 0 Å². The molecule has 0 radical (unpaired) electrons. The third kappa shape index (κ3) is 3.36. The van der Waals surface area contributed by atoms with E-state index < -0.39 is 0 Å². The SMILES string of the molecule is Cc1ccc(C#N)cc1NC(C)Cc1ccccc1F. The lowest BCUT2D eigenvalue weighted by molar-refractivity contribution is 0.601. The standard InChI is InChI=1S/C17H17FN2/c1-12-7-8-14(11-19)10-17(12)20-13(2)9-15-5-3-4-6-16(15)18/h3-8,10,13,20H,9H2,1-2H3. The van der Waals surface area contributed by atoms with Crippen LogP contribution in [0.3, 0.4) is 0 Å². The van der Waals surface area contributed by atoms with Gasteiger partial charge in [-0.15, -0.1) is 0 Å². The normalized spacial score (nSPS) is 11.7. The molecule has 0 saturated heterocycles. The van der Waals surface area contributed by atoms with Crippen molar-refractivity contribution >= 4 is 5.69 Å². The number of hydrogen-bond donors (Lipinski definition) is 1. The fourth-order valence-electron chi connectivity index (χ4n) is 2.16. The topological polar surface area (TPSA) is 35.8 Å². The summed E-state index contributed by atoms with van der Waals surface area (Å²) in [7, 11) is 0. The number of aryl methyl sites for hydroxylation is 1. The lowest BCUT2D eigenvalue weighted by Crippen LogP contribution is -2.19. The van der Waals surface area contributed by atoms with Crippen LogP contribution in [0, 0.1) is 24.1 Å². The van der Waals surface area contributed by atoms with Crippen molar-refractivity contribution in [2.45, 2.75) is 26.3 Å². The smallest absolute Gasteiger partial charge is 0.126 e. The third-order valence-electron chi connectivity index (χ3n) is 3.25. The summed E-state index contributed by atoms with van der Waals surface area (Å²) in [5.74, 6) is -0.177. The Kier molecular flexibility index (Phi) is 4.37. The molecule has 0 amide bonds. The van der Waals surface area contributed by atoms with E-state index in [2.05, 4.69) is 11.4 Å². The molecule has 1 atom stereocenters. The maximum absolute atomic E-state index is 13.6. The van der Waals surface area contributed by atoms with Crippen molar-refractivity contribution in [1.82, 2.24) is 0 Å². The molecular weight excluding hydrogens is 251 g/mol. The molecule has 102 valence electrons. The second-order valence-corrected chi connectivity index (χ2v) is 4.98. The molecule has 2 rings (SSSR count). The van der Waals surface area contributed by atoms with Crippen LogP contribution in [0.2, 0.25) is 0 Å². The van der Waals surface area contributed by atoms with Crippen LogP contribution in [0.1, 0.15) is 23.6 Å². The van der Waals surface area contributed by atoms with Gasteiger partial charge in [0, 0.05) is 11.7 Å². The van der Waals surface area contributed by atoms with Crippen LogP contribution < -0.4 is 5.32 Å². The highest BCUT2D eigenvalue weighted by Gasteiger charge is 2.09. The van der Waals surface area contributed by atoms with Crippen molar-refractivity contribution in [1.29, 1.82) is 5.26 Å². The van der Waals surface area contributed by atoms with Crippen LogP contribution in [0.15, 0.2) is 42.5 Å². The van der Waals surface area contributed by atoms with Gasteiger partial charge < -0.3 is 5.32 Å². The first kappa shape index (κ1) is 14.1. The van der Waals surface area contributed by atoms with E-state index in [-0.39, 0.29) is 11.9 Å². The highest BCUT2D eigenvalue weighted by atomic mass is 19.1. The fourth-order valence-corrected chi connectivity index (χ4v) is 2.16. The average Bonchev–Trinajstić information content (AvgIpc) is 2.44. The van der Waals surface area contributed by atoms with Gasteiger partial charge in [0.1, 0.15) is 5.82 Å². The van der Waals surface area contributed by atoms with E-state index in [1.807, 2.05) is 32.0 Å². The number of benzene rings is 2. The lowest BCUT2D eigenvalue weighted by atomic mass is 10.0. The number of halogens is 1. The molecule has 20 heavy (non-hydrogen) atoms. The van der Waals surface area contributed by atoms with E-state index in [0.29, 0.717) is 17.5 Å². The van der Waals surface area contributed by atoms with Crippen molar-refractivity contribution in [2.24, 2.45) is 0 Å². The summed E-state index contributed by atoms with van der Waals surface area (Å²) in [4.78, 5) is 0. The molecule has 2 aromatic rings. The minimum Gasteiger partial charge on any atom is -0.382 e. The van der Waals surface area contributed by atoms with E-state index in [1.54, 1.807) is 18.2 Å². The van der Waals surface area contributed by atoms with Crippen molar-refractivity contribution < 1.29 is 4.39 Å². The number of hydrogen-bond acceptors (Lipinski definition) is 2. The van der Waals surface area contributed by atoms with E-state index >= 15 is 0 Å². The molecule has 1 N–H and O–H groups in total. The molecule has 0 heterocycles. The molecule has 0 fully saturated rings. The third-order valence-corrected chi connectivity index (χ3v) is 3.25. The highest BCUT2D eigenvalue weighted by Crippen LogP contribution is 2.19. The van der Waals surface area contributed by atoms with Gasteiger partial charge in [-0.2, -0.15) is 5.26 Å². The van der Waals surface area contributed by atoms with E-state index in [0.717, 1.165) is 11.3 Å². The van der Waals surface area contributed by atoms with E-state index in [9.17, 15) is 4.39 Å². The Balaban J connectivity index is 2.11. The number of nitrogens with zero attached hydrogens (tertiary/aromatic N) is 1. The predicted octanol–water partition coefficient (Wildman–Crippen LogP) is 4.05.